The van der Waals surface area contributed by atoms with Gasteiger partial charge in [0.05, 0.1) is 36.6 Å². The maximum absolute atomic E-state index is 15.1. The van der Waals surface area contributed by atoms with Gasteiger partial charge in [-0.25, -0.2) is 0 Å². The van der Waals surface area contributed by atoms with Crippen LogP contribution < -0.4 is 10.2 Å². The molecule has 0 saturated carbocycles. The predicted octanol–water partition coefficient (Wildman–Crippen LogP) is 5.36. The quantitative estimate of drug-likeness (QED) is 0.179. The second-order valence-corrected chi connectivity index (χ2v) is 14.4. The minimum absolute atomic E-state index is 0.145. The number of amides is 3. The Morgan fingerprint density at radius 1 is 1.14 bits per heavy atom. The number of hydrogen-bond donors (Lipinski definition) is 2. The Morgan fingerprint density at radius 2 is 1.86 bits per heavy atom. The molecule has 10 nitrogen and oxygen atoms in total. The van der Waals surface area contributed by atoms with E-state index in [0.29, 0.717) is 36.9 Å². The summed E-state index contributed by atoms with van der Waals surface area (Å²) in [5, 5.41) is 13.7. The van der Waals surface area contributed by atoms with Crippen LogP contribution >= 0.6 is 0 Å². The first-order chi connectivity index (χ1) is 24.4. The van der Waals surface area contributed by atoms with Crippen molar-refractivity contribution in [2.75, 3.05) is 18.1 Å². The molecule has 9 atom stereocenters. The third-order valence-electron chi connectivity index (χ3n) is 11.1. The molecule has 0 radical (unpaired) electrons. The molecule has 51 heavy (non-hydrogen) atoms. The van der Waals surface area contributed by atoms with Gasteiger partial charge in [-0.1, -0.05) is 74.9 Å². The van der Waals surface area contributed by atoms with E-state index in [0.717, 1.165) is 11.1 Å². The zero-order valence-electron chi connectivity index (χ0n) is 30.5. The van der Waals surface area contributed by atoms with Gasteiger partial charge in [0, 0.05) is 18.7 Å². The Bertz CT molecular complexity index is 1630. The van der Waals surface area contributed by atoms with Crippen molar-refractivity contribution in [3.05, 3.63) is 90.5 Å². The van der Waals surface area contributed by atoms with Gasteiger partial charge in [-0.3, -0.25) is 19.2 Å². The molecule has 3 fully saturated rings. The van der Waals surface area contributed by atoms with E-state index in [9.17, 15) is 19.5 Å². The van der Waals surface area contributed by atoms with Gasteiger partial charge in [0.25, 0.3) is 5.91 Å². The molecular weight excluding hydrogens is 646 g/mol. The Kier molecular flexibility index (Phi) is 11.9. The Labute approximate surface area is 301 Å². The summed E-state index contributed by atoms with van der Waals surface area (Å²) in [6, 6.07) is 12.7. The first-order valence-electron chi connectivity index (χ1n) is 18.2. The van der Waals surface area contributed by atoms with E-state index >= 15 is 4.79 Å². The first-order valence-corrected chi connectivity index (χ1v) is 18.2. The number of nitrogens with zero attached hydrogens (tertiary/aromatic N) is 2. The molecule has 10 heteroatoms. The number of benzene rings is 2. The van der Waals surface area contributed by atoms with Crippen LogP contribution in [0.3, 0.4) is 0 Å². The molecule has 3 heterocycles. The second kappa shape index (κ2) is 15.9. The van der Waals surface area contributed by atoms with Crippen LogP contribution in [0, 0.1) is 31.6 Å². The maximum Gasteiger partial charge on any atom is 0.313 e. The number of hydrogen-bond acceptors (Lipinski definition) is 7. The van der Waals surface area contributed by atoms with E-state index in [4.69, 9.17) is 9.47 Å². The molecule has 3 amide bonds. The SMILES string of the molecule is C=CCCC(=O)N[C@H](C)[C@@H](OC(=O)[C@@H]1[C@H]2C(=O)N([C@@H](CO)[C@@H](C)CC)[C@H](C(=O)N(CC=C)c3cc(C)ccc3C)[C@]23CC[C@H]1O3)c1ccccc1. The molecule has 2 aromatic rings. The molecule has 0 unspecified atom stereocenters. The van der Waals surface area contributed by atoms with E-state index in [1.165, 1.54) is 4.90 Å². The van der Waals surface area contributed by atoms with Crippen LogP contribution in [0.25, 0.3) is 0 Å². The monoisotopic (exact) mass is 699 g/mol. The van der Waals surface area contributed by atoms with Gasteiger partial charge in [-0.05, 0) is 68.7 Å². The average molecular weight is 700 g/mol. The fraction of sp³-hybridized carbons (Fsp3) is 0.512. The third-order valence-corrected chi connectivity index (χ3v) is 11.1. The number of anilines is 1. The normalized spacial score (nSPS) is 25.8. The summed E-state index contributed by atoms with van der Waals surface area (Å²) in [5.74, 6) is -3.66. The van der Waals surface area contributed by atoms with Crippen molar-refractivity contribution in [3.63, 3.8) is 0 Å². The number of carbonyl (C=O) groups is 4. The van der Waals surface area contributed by atoms with E-state index < -0.39 is 59.6 Å². The number of fused-ring (bicyclic) bond motifs is 1. The van der Waals surface area contributed by atoms with Crippen molar-refractivity contribution in [2.45, 2.75) is 103 Å². The largest absolute Gasteiger partial charge is 0.455 e. The van der Waals surface area contributed by atoms with Crippen molar-refractivity contribution in [3.8, 4) is 0 Å². The number of aliphatic hydroxyl groups is 1. The molecule has 3 saturated heterocycles. The topological polar surface area (TPSA) is 125 Å². The van der Waals surface area contributed by atoms with E-state index in [2.05, 4.69) is 18.5 Å². The summed E-state index contributed by atoms with van der Waals surface area (Å²) < 4.78 is 13.0. The van der Waals surface area contributed by atoms with E-state index in [1.807, 2.05) is 76.2 Å². The van der Waals surface area contributed by atoms with Crippen LogP contribution in [0.5, 0.6) is 0 Å². The maximum atomic E-state index is 15.1. The molecule has 3 aliphatic heterocycles. The zero-order valence-corrected chi connectivity index (χ0v) is 30.5. The van der Waals surface area contributed by atoms with Gasteiger partial charge in [-0.15, -0.1) is 13.2 Å². The predicted molar refractivity (Wildman–Crippen MR) is 196 cm³/mol. The number of carbonyl (C=O) groups excluding carboxylic acids is 4. The molecule has 0 aromatic heterocycles. The lowest BCUT2D eigenvalue weighted by molar-refractivity contribution is -0.162. The number of rotatable bonds is 16. The summed E-state index contributed by atoms with van der Waals surface area (Å²) >= 11 is 0. The van der Waals surface area contributed by atoms with Gasteiger partial charge < -0.3 is 29.7 Å². The lowest BCUT2D eigenvalue weighted by Crippen LogP contribution is -2.60. The molecular formula is C41H53N3O7. The molecule has 5 rings (SSSR count). The molecule has 0 aliphatic carbocycles. The molecule has 274 valence electrons. The number of aryl methyl sites for hydroxylation is 2. The first kappa shape index (κ1) is 38.0. The summed E-state index contributed by atoms with van der Waals surface area (Å²) in [6.45, 7) is 17.1. The number of nitrogens with one attached hydrogen (secondary N) is 1. The van der Waals surface area contributed by atoms with Gasteiger partial charge >= 0.3 is 5.97 Å². The van der Waals surface area contributed by atoms with Crippen molar-refractivity contribution in [2.24, 2.45) is 17.8 Å². The Hall–Kier alpha value is -4.28. The minimum Gasteiger partial charge on any atom is -0.455 e. The summed E-state index contributed by atoms with van der Waals surface area (Å²) in [7, 11) is 0. The fourth-order valence-corrected chi connectivity index (χ4v) is 8.34. The van der Waals surface area contributed by atoms with Crippen LogP contribution in [0.2, 0.25) is 0 Å². The molecule has 3 aliphatic rings. The molecule has 1 spiro atoms. The number of likely N-dealkylation sites (tertiary alicyclic amines) is 1. The Balaban J connectivity index is 1.54. The zero-order chi connectivity index (χ0) is 37.0. The van der Waals surface area contributed by atoms with Gasteiger partial charge in [-0.2, -0.15) is 0 Å². The average Bonchev–Trinajstić information content (AvgIpc) is 3.77. The lowest BCUT2D eigenvalue weighted by atomic mass is 9.70. The van der Waals surface area contributed by atoms with Crippen molar-refractivity contribution >= 4 is 29.4 Å². The van der Waals surface area contributed by atoms with Crippen LogP contribution in [-0.4, -0.2) is 76.7 Å². The standard InChI is InChI=1S/C41H53N3O7/c1-8-11-17-33(46)42-28(7)36(29-15-13-12-14-16-29)50-40(49)34-32-20-21-41(51-32)35(34)38(47)44(31(24-45)26(5)10-3)37(41)39(48)43(22-9-2)30-23-25(4)18-19-27(30)6/h8-9,12-16,18-19,23,26,28,31-32,34-37,45H,1-2,10-11,17,20-22,24H2,3-7H3,(H,42,46)/t26-,28+,31-,32+,34-,35-,36+,37+,41-/m0/s1. The van der Waals surface area contributed by atoms with Crippen LogP contribution in [0.15, 0.2) is 73.8 Å². The smallest absolute Gasteiger partial charge is 0.313 e. The number of ether oxygens (including phenoxy) is 2. The molecule has 2 bridgehead atoms. The van der Waals surface area contributed by atoms with Crippen LogP contribution in [0.1, 0.15) is 75.7 Å². The fourth-order valence-electron chi connectivity index (χ4n) is 8.34. The van der Waals surface area contributed by atoms with E-state index in [1.54, 1.807) is 24.0 Å². The number of aliphatic hydroxyl groups excluding tert-OH is 1. The highest BCUT2D eigenvalue weighted by Crippen LogP contribution is 2.60. The van der Waals surface area contributed by atoms with Gasteiger partial charge in [0.1, 0.15) is 17.7 Å². The van der Waals surface area contributed by atoms with Gasteiger partial charge in [0.2, 0.25) is 11.8 Å². The summed E-state index contributed by atoms with van der Waals surface area (Å²) in [5.41, 5.74) is 1.96. The summed E-state index contributed by atoms with van der Waals surface area (Å²) in [4.78, 5) is 60.3. The van der Waals surface area contributed by atoms with Crippen molar-refractivity contribution in [1.82, 2.24) is 10.2 Å². The number of allylic oxidation sites excluding steroid dienone is 1. The van der Waals surface area contributed by atoms with Crippen LogP contribution in [-0.2, 0) is 28.7 Å². The second-order valence-electron chi connectivity index (χ2n) is 14.4. The summed E-state index contributed by atoms with van der Waals surface area (Å²) in [6.07, 6.45) is 4.13. The van der Waals surface area contributed by atoms with Crippen LogP contribution in [0.4, 0.5) is 5.69 Å². The van der Waals surface area contributed by atoms with Crippen molar-refractivity contribution in [1.29, 1.82) is 0 Å². The van der Waals surface area contributed by atoms with Crippen molar-refractivity contribution < 1.29 is 33.8 Å². The highest BCUT2D eigenvalue weighted by Gasteiger charge is 2.76. The number of esters is 1. The highest BCUT2D eigenvalue weighted by molar-refractivity contribution is 6.05. The minimum atomic E-state index is -1.30. The molecule has 2 aromatic carbocycles. The highest BCUT2D eigenvalue weighted by atomic mass is 16.6. The molecule has 2 N–H and O–H groups in total. The Morgan fingerprint density at radius 3 is 2.51 bits per heavy atom. The van der Waals surface area contributed by atoms with Gasteiger partial charge in [0.15, 0.2) is 0 Å². The van der Waals surface area contributed by atoms with E-state index in [-0.39, 0.29) is 37.3 Å². The third kappa shape index (κ3) is 7.13. The lowest BCUT2D eigenvalue weighted by Gasteiger charge is -2.41.